The highest BCUT2D eigenvalue weighted by Crippen LogP contribution is 2.13. The molecule has 1 nitrogen and oxygen atoms in total. The normalized spacial score (nSPS) is 12.5. The topological polar surface area (TPSA) is 9.23 Å². The number of benzene rings is 1. The molecule has 0 aliphatic carbocycles. The van der Waals surface area contributed by atoms with Gasteiger partial charge in [0.15, 0.2) is 0 Å². The van der Waals surface area contributed by atoms with E-state index < -0.39 is 0 Å². The number of rotatable bonds is 4. The highest BCUT2D eigenvalue weighted by Gasteiger charge is 2.01. The lowest BCUT2D eigenvalue weighted by molar-refractivity contribution is 0.271. The van der Waals surface area contributed by atoms with Gasteiger partial charge in [-0.15, -0.1) is 11.6 Å². The standard InChI is InChI=1S/C10H12ClFO/c1-8(6-11)7-13-10-4-2-3-9(12)5-10/h2-5,8H,6-7H2,1H3/t8-/m1/s1. The Balaban J connectivity index is 2.45. The van der Waals surface area contributed by atoms with Crippen LogP contribution in [0, 0.1) is 11.7 Å². The average Bonchev–Trinajstić information content (AvgIpc) is 2.14. The Hall–Kier alpha value is -0.760. The largest absolute Gasteiger partial charge is 0.493 e. The third kappa shape index (κ3) is 3.64. The van der Waals surface area contributed by atoms with Crippen LogP contribution < -0.4 is 4.74 Å². The molecule has 0 amide bonds. The second kappa shape index (κ2) is 5.07. The first-order valence-corrected chi connectivity index (χ1v) is 4.70. The fourth-order valence-corrected chi connectivity index (χ4v) is 0.929. The van der Waals surface area contributed by atoms with E-state index in [1.54, 1.807) is 12.1 Å². The molecule has 0 saturated heterocycles. The zero-order chi connectivity index (χ0) is 9.68. The van der Waals surface area contributed by atoms with Crippen molar-refractivity contribution in [3.05, 3.63) is 30.1 Å². The monoisotopic (exact) mass is 202 g/mol. The van der Waals surface area contributed by atoms with Gasteiger partial charge in [-0.25, -0.2) is 4.39 Å². The summed E-state index contributed by atoms with van der Waals surface area (Å²) < 4.78 is 18.0. The molecule has 1 aromatic carbocycles. The van der Waals surface area contributed by atoms with Crippen molar-refractivity contribution in [2.24, 2.45) is 5.92 Å². The Labute approximate surface area is 82.5 Å². The molecule has 1 rings (SSSR count). The molecular formula is C10H12ClFO. The van der Waals surface area contributed by atoms with Gasteiger partial charge in [0.2, 0.25) is 0 Å². The van der Waals surface area contributed by atoms with Crippen molar-refractivity contribution in [2.45, 2.75) is 6.92 Å². The first kappa shape index (κ1) is 10.3. The summed E-state index contributed by atoms with van der Waals surface area (Å²) in [5.74, 6) is 1.10. The van der Waals surface area contributed by atoms with E-state index in [2.05, 4.69) is 0 Å². The fraction of sp³-hybridized carbons (Fsp3) is 0.400. The molecule has 0 aromatic heterocycles. The second-order valence-corrected chi connectivity index (χ2v) is 3.34. The van der Waals surface area contributed by atoms with Crippen LogP contribution in [0.2, 0.25) is 0 Å². The summed E-state index contributed by atoms with van der Waals surface area (Å²) in [6.07, 6.45) is 0. The lowest BCUT2D eigenvalue weighted by Gasteiger charge is -2.09. The average molecular weight is 203 g/mol. The van der Waals surface area contributed by atoms with Crippen molar-refractivity contribution in [2.75, 3.05) is 12.5 Å². The van der Waals surface area contributed by atoms with Gasteiger partial charge in [0.1, 0.15) is 11.6 Å². The van der Waals surface area contributed by atoms with Crippen LogP contribution in [0.4, 0.5) is 4.39 Å². The zero-order valence-corrected chi connectivity index (χ0v) is 8.22. The summed E-state index contributed by atoms with van der Waals surface area (Å²) in [4.78, 5) is 0. The second-order valence-electron chi connectivity index (χ2n) is 3.03. The zero-order valence-electron chi connectivity index (χ0n) is 7.47. The summed E-state index contributed by atoms with van der Waals surface area (Å²) in [6.45, 7) is 2.50. The Morgan fingerprint density at radius 2 is 2.31 bits per heavy atom. The number of alkyl halides is 1. The van der Waals surface area contributed by atoms with Crippen LogP contribution in [0.1, 0.15) is 6.92 Å². The van der Waals surface area contributed by atoms with Gasteiger partial charge in [0.05, 0.1) is 6.61 Å². The van der Waals surface area contributed by atoms with Crippen molar-refractivity contribution in [3.8, 4) is 5.75 Å². The predicted molar refractivity (Wildman–Crippen MR) is 51.8 cm³/mol. The highest BCUT2D eigenvalue weighted by molar-refractivity contribution is 6.18. The molecule has 1 aromatic rings. The summed E-state index contributed by atoms with van der Waals surface area (Å²) in [5, 5.41) is 0. The van der Waals surface area contributed by atoms with Gasteiger partial charge < -0.3 is 4.74 Å². The van der Waals surface area contributed by atoms with E-state index in [9.17, 15) is 4.39 Å². The molecule has 0 unspecified atom stereocenters. The van der Waals surface area contributed by atoms with Gasteiger partial charge in [-0.05, 0) is 12.1 Å². The van der Waals surface area contributed by atoms with Crippen LogP contribution in [-0.4, -0.2) is 12.5 Å². The summed E-state index contributed by atoms with van der Waals surface area (Å²) in [7, 11) is 0. The predicted octanol–water partition coefficient (Wildman–Crippen LogP) is 3.08. The Morgan fingerprint density at radius 1 is 1.54 bits per heavy atom. The SMILES string of the molecule is C[C@H](CCl)COc1cccc(F)c1. The van der Waals surface area contributed by atoms with Gasteiger partial charge in [-0.1, -0.05) is 13.0 Å². The highest BCUT2D eigenvalue weighted by atomic mass is 35.5. The molecule has 0 aliphatic rings. The molecule has 0 N–H and O–H groups in total. The number of ether oxygens (including phenoxy) is 1. The van der Waals surface area contributed by atoms with E-state index in [-0.39, 0.29) is 11.7 Å². The molecule has 0 spiro atoms. The number of halogens is 2. The third-order valence-electron chi connectivity index (χ3n) is 1.59. The first-order chi connectivity index (χ1) is 6.22. The fourth-order valence-electron chi connectivity index (χ4n) is 0.840. The molecule has 0 aliphatic heterocycles. The van der Waals surface area contributed by atoms with Crippen LogP contribution >= 0.6 is 11.6 Å². The Morgan fingerprint density at radius 3 is 2.92 bits per heavy atom. The summed E-state index contributed by atoms with van der Waals surface area (Å²) >= 11 is 5.60. The lowest BCUT2D eigenvalue weighted by atomic mass is 10.2. The minimum Gasteiger partial charge on any atom is -0.493 e. The Bertz CT molecular complexity index is 265. The molecular weight excluding hydrogens is 191 g/mol. The Kier molecular flexibility index (Phi) is 4.03. The van der Waals surface area contributed by atoms with E-state index in [4.69, 9.17) is 16.3 Å². The quantitative estimate of drug-likeness (QED) is 0.682. The van der Waals surface area contributed by atoms with Crippen LogP contribution in [-0.2, 0) is 0 Å². The minimum absolute atomic E-state index is 0.281. The molecule has 0 radical (unpaired) electrons. The van der Waals surface area contributed by atoms with E-state index in [0.29, 0.717) is 18.2 Å². The van der Waals surface area contributed by atoms with E-state index in [0.717, 1.165) is 0 Å². The van der Waals surface area contributed by atoms with Gasteiger partial charge >= 0.3 is 0 Å². The maximum atomic E-state index is 12.7. The van der Waals surface area contributed by atoms with Crippen molar-refractivity contribution in [1.82, 2.24) is 0 Å². The van der Waals surface area contributed by atoms with Gasteiger partial charge in [0.25, 0.3) is 0 Å². The molecule has 0 fully saturated rings. The lowest BCUT2D eigenvalue weighted by Crippen LogP contribution is -2.09. The van der Waals surface area contributed by atoms with Gasteiger partial charge in [-0.2, -0.15) is 0 Å². The molecule has 0 saturated carbocycles. The third-order valence-corrected chi connectivity index (χ3v) is 2.12. The first-order valence-electron chi connectivity index (χ1n) is 4.16. The van der Waals surface area contributed by atoms with Crippen LogP contribution in [0.5, 0.6) is 5.75 Å². The minimum atomic E-state index is -0.281. The van der Waals surface area contributed by atoms with Crippen molar-refractivity contribution in [3.63, 3.8) is 0 Å². The van der Waals surface area contributed by atoms with Gasteiger partial charge in [0, 0.05) is 17.9 Å². The maximum Gasteiger partial charge on any atom is 0.126 e. The van der Waals surface area contributed by atoms with Crippen molar-refractivity contribution >= 4 is 11.6 Å². The van der Waals surface area contributed by atoms with E-state index in [1.165, 1.54) is 12.1 Å². The molecule has 72 valence electrons. The van der Waals surface area contributed by atoms with Crippen molar-refractivity contribution < 1.29 is 9.13 Å². The number of hydrogen-bond donors (Lipinski definition) is 0. The summed E-state index contributed by atoms with van der Waals surface area (Å²) in [5.41, 5.74) is 0. The molecule has 1 atom stereocenters. The molecule has 3 heteroatoms. The summed E-state index contributed by atoms with van der Waals surface area (Å²) in [6, 6.07) is 6.10. The van der Waals surface area contributed by atoms with E-state index in [1.807, 2.05) is 6.92 Å². The molecule has 13 heavy (non-hydrogen) atoms. The maximum absolute atomic E-state index is 12.7. The van der Waals surface area contributed by atoms with Gasteiger partial charge in [-0.3, -0.25) is 0 Å². The van der Waals surface area contributed by atoms with Crippen LogP contribution in [0.3, 0.4) is 0 Å². The van der Waals surface area contributed by atoms with Crippen molar-refractivity contribution in [1.29, 1.82) is 0 Å². The van der Waals surface area contributed by atoms with E-state index >= 15 is 0 Å². The van der Waals surface area contributed by atoms with Crippen LogP contribution in [0.25, 0.3) is 0 Å². The molecule has 0 bridgehead atoms. The smallest absolute Gasteiger partial charge is 0.126 e. The number of hydrogen-bond acceptors (Lipinski definition) is 1. The van der Waals surface area contributed by atoms with Crippen LogP contribution in [0.15, 0.2) is 24.3 Å². The molecule has 0 heterocycles.